The van der Waals surface area contributed by atoms with E-state index in [4.69, 9.17) is 4.74 Å². The monoisotopic (exact) mass is 407 g/mol. The van der Waals surface area contributed by atoms with Crippen LogP contribution in [-0.2, 0) is 14.8 Å². The van der Waals surface area contributed by atoms with E-state index < -0.39 is 38.6 Å². The summed E-state index contributed by atoms with van der Waals surface area (Å²) in [6.07, 6.45) is -1.08. The fourth-order valence-corrected chi connectivity index (χ4v) is 4.20. The molecule has 0 amide bonds. The molecule has 0 fully saturated rings. The van der Waals surface area contributed by atoms with Crippen molar-refractivity contribution in [2.75, 3.05) is 13.1 Å². The topological polar surface area (TPSA) is 80.8 Å². The highest BCUT2D eigenvalue weighted by molar-refractivity contribution is 7.89. The molecule has 0 saturated heterocycles. The van der Waals surface area contributed by atoms with Crippen molar-refractivity contribution in [1.29, 1.82) is 0 Å². The van der Waals surface area contributed by atoms with Crippen LogP contribution in [0.25, 0.3) is 0 Å². The van der Waals surface area contributed by atoms with Crippen LogP contribution < -0.4 is 0 Å². The van der Waals surface area contributed by atoms with Gasteiger partial charge < -0.3 is 4.74 Å². The Hall–Kier alpha value is -2.58. The summed E-state index contributed by atoms with van der Waals surface area (Å²) < 4.78 is 45.6. The minimum Gasteiger partial charge on any atom is -0.451 e. The Morgan fingerprint density at radius 1 is 1.04 bits per heavy atom. The van der Waals surface area contributed by atoms with Crippen LogP contribution in [0.1, 0.15) is 41.5 Å². The molecule has 2 aromatic rings. The van der Waals surface area contributed by atoms with Crippen LogP contribution in [0.15, 0.2) is 53.4 Å². The lowest BCUT2D eigenvalue weighted by Gasteiger charge is -2.19. The van der Waals surface area contributed by atoms with Gasteiger partial charge in [0.15, 0.2) is 6.10 Å². The number of carbonyl (C=O) groups is 2. The van der Waals surface area contributed by atoms with Crippen LogP contribution in [0.3, 0.4) is 0 Å². The van der Waals surface area contributed by atoms with Crippen LogP contribution in [0.2, 0.25) is 0 Å². The summed E-state index contributed by atoms with van der Waals surface area (Å²) >= 11 is 0. The van der Waals surface area contributed by atoms with Crippen molar-refractivity contribution >= 4 is 21.8 Å². The first-order valence-electron chi connectivity index (χ1n) is 8.82. The van der Waals surface area contributed by atoms with Gasteiger partial charge in [-0.15, -0.1) is 0 Å². The number of halogens is 1. The zero-order valence-electron chi connectivity index (χ0n) is 15.9. The van der Waals surface area contributed by atoms with E-state index in [0.29, 0.717) is 5.56 Å². The number of hydrogen-bond donors (Lipinski definition) is 0. The Morgan fingerprint density at radius 3 is 2.21 bits per heavy atom. The minimum absolute atomic E-state index is 0.153. The number of esters is 1. The Balaban J connectivity index is 2.26. The van der Waals surface area contributed by atoms with Gasteiger partial charge in [-0.1, -0.05) is 44.2 Å². The molecule has 0 saturated carbocycles. The Labute approximate surface area is 164 Å². The molecule has 28 heavy (non-hydrogen) atoms. The average molecular weight is 407 g/mol. The van der Waals surface area contributed by atoms with Crippen LogP contribution >= 0.6 is 0 Å². The highest BCUT2D eigenvalue weighted by Crippen LogP contribution is 2.21. The molecule has 0 spiro atoms. The Morgan fingerprint density at radius 2 is 1.64 bits per heavy atom. The molecule has 0 N–H and O–H groups in total. The van der Waals surface area contributed by atoms with Crippen molar-refractivity contribution < 1.29 is 27.1 Å². The quantitative estimate of drug-likeness (QED) is 0.496. The molecule has 0 radical (unpaired) electrons. The van der Waals surface area contributed by atoms with Crippen molar-refractivity contribution in [1.82, 2.24) is 4.31 Å². The van der Waals surface area contributed by atoms with E-state index in [1.54, 1.807) is 44.2 Å². The summed E-state index contributed by atoms with van der Waals surface area (Å²) in [5, 5.41) is 0. The summed E-state index contributed by atoms with van der Waals surface area (Å²) in [6, 6.07) is 11.3. The normalized spacial score (nSPS) is 12.6. The van der Waals surface area contributed by atoms with Gasteiger partial charge in [0.05, 0.1) is 5.56 Å². The zero-order chi connectivity index (χ0) is 20.9. The second-order valence-electron chi connectivity index (χ2n) is 6.01. The number of Topliss-reactive ketones (excluding diaryl/α,β-unsaturated/α-hetero) is 1. The molecule has 0 aliphatic carbocycles. The average Bonchev–Trinajstić information content (AvgIpc) is 2.68. The molecule has 6 nitrogen and oxygen atoms in total. The fraction of sp³-hybridized carbons (Fsp3) is 0.300. The lowest BCUT2D eigenvalue weighted by molar-refractivity contribution is 0.0318. The predicted molar refractivity (Wildman–Crippen MR) is 102 cm³/mol. The minimum atomic E-state index is -4.09. The zero-order valence-corrected chi connectivity index (χ0v) is 16.7. The van der Waals surface area contributed by atoms with E-state index >= 15 is 0 Å². The molecule has 0 heterocycles. The lowest BCUT2D eigenvalue weighted by Crippen LogP contribution is -2.31. The number of ether oxygens (including phenoxy) is 1. The van der Waals surface area contributed by atoms with Gasteiger partial charge in [-0.25, -0.2) is 17.6 Å². The van der Waals surface area contributed by atoms with Gasteiger partial charge in [-0.3, -0.25) is 4.79 Å². The van der Waals surface area contributed by atoms with Gasteiger partial charge in [0, 0.05) is 18.7 Å². The molecule has 8 heteroatoms. The first-order chi connectivity index (χ1) is 13.2. The third kappa shape index (κ3) is 4.63. The molecule has 150 valence electrons. The predicted octanol–water partition coefficient (Wildman–Crippen LogP) is 3.28. The summed E-state index contributed by atoms with van der Waals surface area (Å²) in [5.41, 5.74) is 0.228. The van der Waals surface area contributed by atoms with E-state index in [1.807, 2.05) is 0 Å². The number of ketones is 1. The van der Waals surface area contributed by atoms with Crippen molar-refractivity contribution in [2.24, 2.45) is 0 Å². The SMILES string of the molecule is CCN(CC)S(=O)(=O)c1cc(C(=O)OC(C)C(=O)c2ccccc2)ccc1F. The molecule has 0 bridgehead atoms. The number of hydrogen-bond acceptors (Lipinski definition) is 5. The molecular formula is C20H22FNO5S. The molecule has 0 aliphatic heterocycles. The van der Waals surface area contributed by atoms with Crippen LogP contribution in [0, 0.1) is 5.82 Å². The van der Waals surface area contributed by atoms with Gasteiger partial charge in [-0.2, -0.15) is 4.31 Å². The second-order valence-corrected chi connectivity index (χ2v) is 7.92. The van der Waals surface area contributed by atoms with Crippen molar-refractivity contribution in [2.45, 2.75) is 31.8 Å². The standard InChI is InChI=1S/C20H22FNO5S/c1-4-22(5-2)28(25,26)18-13-16(11-12-17(18)21)20(24)27-14(3)19(23)15-9-7-6-8-10-15/h6-14H,4-5H2,1-3H3. The number of nitrogens with zero attached hydrogens (tertiary/aromatic N) is 1. The van der Waals surface area contributed by atoms with Gasteiger partial charge in [0.1, 0.15) is 10.7 Å². The lowest BCUT2D eigenvalue weighted by atomic mass is 10.1. The van der Waals surface area contributed by atoms with E-state index in [-0.39, 0.29) is 18.7 Å². The number of rotatable bonds is 8. The maximum Gasteiger partial charge on any atom is 0.338 e. The van der Waals surface area contributed by atoms with Gasteiger partial charge in [0.2, 0.25) is 15.8 Å². The smallest absolute Gasteiger partial charge is 0.338 e. The number of sulfonamides is 1. The van der Waals surface area contributed by atoms with E-state index in [1.165, 1.54) is 6.92 Å². The van der Waals surface area contributed by atoms with Crippen molar-refractivity contribution in [3.63, 3.8) is 0 Å². The molecule has 1 atom stereocenters. The highest BCUT2D eigenvalue weighted by atomic mass is 32.2. The Bertz CT molecular complexity index is 956. The number of benzene rings is 2. The molecular weight excluding hydrogens is 385 g/mol. The van der Waals surface area contributed by atoms with Gasteiger partial charge in [-0.05, 0) is 25.1 Å². The molecule has 2 rings (SSSR count). The van der Waals surface area contributed by atoms with Crippen LogP contribution in [0.5, 0.6) is 0 Å². The van der Waals surface area contributed by atoms with Gasteiger partial charge in [0.25, 0.3) is 0 Å². The fourth-order valence-electron chi connectivity index (χ4n) is 2.65. The third-order valence-corrected chi connectivity index (χ3v) is 6.27. The third-order valence-electron chi connectivity index (χ3n) is 4.20. The maximum atomic E-state index is 14.2. The summed E-state index contributed by atoms with van der Waals surface area (Å²) in [7, 11) is -4.09. The summed E-state index contributed by atoms with van der Waals surface area (Å²) in [4.78, 5) is 24.1. The highest BCUT2D eigenvalue weighted by Gasteiger charge is 2.27. The Kier molecular flexibility index (Phi) is 7.04. The first-order valence-corrected chi connectivity index (χ1v) is 10.3. The molecule has 1 unspecified atom stereocenters. The first kappa shape index (κ1) is 21.7. The maximum absolute atomic E-state index is 14.2. The molecule has 0 aromatic heterocycles. The van der Waals surface area contributed by atoms with Crippen molar-refractivity contribution in [3.05, 3.63) is 65.5 Å². The van der Waals surface area contributed by atoms with E-state index in [0.717, 1.165) is 22.5 Å². The molecule has 2 aromatic carbocycles. The summed E-state index contributed by atoms with van der Waals surface area (Å²) in [6.45, 7) is 5.01. The van der Waals surface area contributed by atoms with Crippen LogP contribution in [-0.4, -0.2) is 43.7 Å². The van der Waals surface area contributed by atoms with Gasteiger partial charge >= 0.3 is 5.97 Å². The van der Waals surface area contributed by atoms with Crippen molar-refractivity contribution in [3.8, 4) is 0 Å². The number of carbonyl (C=O) groups excluding carboxylic acids is 2. The molecule has 0 aliphatic rings. The van der Waals surface area contributed by atoms with E-state index in [9.17, 15) is 22.4 Å². The largest absolute Gasteiger partial charge is 0.451 e. The van der Waals surface area contributed by atoms with E-state index in [2.05, 4.69) is 0 Å². The second kappa shape index (κ2) is 9.07. The van der Waals surface area contributed by atoms with Crippen LogP contribution in [0.4, 0.5) is 4.39 Å². The summed E-state index contributed by atoms with van der Waals surface area (Å²) in [5.74, 6) is -2.27.